The van der Waals surface area contributed by atoms with Crippen molar-refractivity contribution in [1.29, 1.82) is 0 Å². The maximum atomic E-state index is 11.4. The van der Waals surface area contributed by atoms with Crippen molar-refractivity contribution in [2.24, 2.45) is 5.16 Å². The molecular formula is C10H14BrNO6. The molecule has 18 heavy (non-hydrogen) atoms. The smallest absolute Gasteiger partial charge is 0.364 e. The molecule has 0 radical (unpaired) electrons. The van der Waals surface area contributed by atoms with E-state index in [1.807, 2.05) is 0 Å². The van der Waals surface area contributed by atoms with Crippen molar-refractivity contribution in [2.45, 2.75) is 13.8 Å². The van der Waals surface area contributed by atoms with Crippen LogP contribution in [0.5, 0.6) is 0 Å². The van der Waals surface area contributed by atoms with E-state index in [2.05, 4.69) is 35.4 Å². The summed E-state index contributed by atoms with van der Waals surface area (Å²) in [5, 5.41) is 3.19. The quantitative estimate of drug-likeness (QED) is 0.212. The number of carbonyl (C=O) groups excluding carboxylic acids is 3. The highest BCUT2D eigenvalue weighted by atomic mass is 79.9. The van der Waals surface area contributed by atoms with Crippen LogP contribution < -0.4 is 0 Å². The first-order valence-electron chi connectivity index (χ1n) is 5.18. The summed E-state index contributed by atoms with van der Waals surface area (Å²) in [6.45, 7) is 3.06. The molecule has 0 aliphatic carbocycles. The van der Waals surface area contributed by atoms with Crippen molar-refractivity contribution in [3.8, 4) is 0 Å². The second kappa shape index (κ2) is 9.58. The maximum absolute atomic E-state index is 11.4. The average Bonchev–Trinajstić information content (AvgIpc) is 2.34. The number of ether oxygens (including phenoxy) is 2. The molecule has 0 aromatic carbocycles. The van der Waals surface area contributed by atoms with Crippen molar-refractivity contribution < 1.29 is 28.7 Å². The number of alkyl halides is 1. The van der Waals surface area contributed by atoms with Gasteiger partial charge in [0.25, 0.3) is 0 Å². The van der Waals surface area contributed by atoms with Gasteiger partial charge in [-0.2, -0.15) is 0 Å². The van der Waals surface area contributed by atoms with E-state index >= 15 is 0 Å². The van der Waals surface area contributed by atoms with Crippen molar-refractivity contribution >= 4 is 39.4 Å². The molecule has 0 heterocycles. The molecule has 0 aliphatic heterocycles. The molecule has 0 saturated heterocycles. The zero-order valence-electron chi connectivity index (χ0n) is 10.1. The van der Waals surface area contributed by atoms with Gasteiger partial charge in [0, 0.05) is 0 Å². The van der Waals surface area contributed by atoms with Crippen LogP contribution in [0.1, 0.15) is 13.8 Å². The minimum absolute atomic E-state index is 0.102. The van der Waals surface area contributed by atoms with Crippen molar-refractivity contribution in [3.63, 3.8) is 0 Å². The lowest BCUT2D eigenvalue weighted by atomic mass is 10.3. The van der Waals surface area contributed by atoms with E-state index in [4.69, 9.17) is 0 Å². The van der Waals surface area contributed by atoms with Gasteiger partial charge in [0.05, 0.1) is 18.5 Å². The van der Waals surface area contributed by atoms with Gasteiger partial charge >= 0.3 is 11.9 Å². The van der Waals surface area contributed by atoms with Crippen LogP contribution in [-0.2, 0) is 28.7 Å². The molecule has 0 aromatic heterocycles. The van der Waals surface area contributed by atoms with Crippen LogP contribution in [0.2, 0.25) is 0 Å². The van der Waals surface area contributed by atoms with E-state index in [-0.39, 0.29) is 18.5 Å². The van der Waals surface area contributed by atoms with Gasteiger partial charge in [-0.1, -0.05) is 21.1 Å². The number of halogens is 1. The minimum Gasteiger partial charge on any atom is -0.463 e. The fourth-order valence-electron chi connectivity index (χ4n) is 0.817. The van der Waals surface area contributed by atoms with Crippen LogP contribution in [0.15, 0.2) is 5.16 Å². The average molecular weight is 324 g/mol. The second-order valence-corrected chi connectivity index (χ2v) is 3.36. The number of esters is 2. The number of ketones is 1. The van der Waals surface area contributed by atoms with Gasteiger partial charge in [0.15, 0.2) is 0 Å². The third-order valence-corrected chi connectivity index (χ3v) is 2.01. The summed E-state index contributed by atoms with van der Waals surface area (Å²) in [6.07, 6.45) is 0. The Kier molecular flexibility index (Phi) is 8.81. The number of nitrogens with zero attached hydrogens (tertiary/aromatic N) is 1. The largest absolute Gasteiger partial charge is 0.463 e. The van der Waals surface area contributed by atoms with Crippen LogP contribution in [0, 0.1) is 0 Å². The summed E-state index contributed by atoms with van der Waals surface area (Å²) in [4.78, 5) is 38.2. The molecule has 0 atom stereocenters. The summed E-state index contributed by atoms with van der Waals surface area (Å²) in [5.41, 5.74) is -0.502. The second-order valence-electron chi connectivity index (χ2n) is 2.80. The van der Waals surface area contributed by atoms with Crippen LogP contribution >= 0.6 is 15.9 Å². The summed E-state index contributed by atoms with van der Waals surface area (Å²) in [6, 6.07) is 0. The molecule has 8 heteroatoms. The molecule has 0 N–H and O–H groups in total. The van der Waals surface area contributed by atoms with Crippen LogP contribution in [0.4, 0.5) is 0 Å². The lowest BCUT2D eigenvalue weighted by Crippen LogP contribution is -2.28. The number of Topliss-reactive ketones (excluding diaryl/α,β-unsaturated/α-hetero) is 1. The Labute approximate surface area is 113 Å². The van der Waals surface area contributed by atoms with E-state index in [9.17, 15) is 14.4 Å². The Hall–Kier alpha value is -1.44. The maximum Gasteiger partial charge on any atom is 0.364 e. The lowest BCUT2D eigenvalue weighted by molar-refractivity contribution is -0.148. The third kappa shape index (κ3) is 6.33. The third-order valence-electron chi connectivity index (χ3n) is 1.50. The molecule has 0 rings (SSSR count). The van der Waals surface area contributed by atoms with E-state index in [1.54, 1.807) is 13.8 Å². The molecule has 0 bridgehead atoms. The van der Waals surface area contributed by atoms with Crippen molar-refractivity contribution in [2.75, 3.05) is 25.2 Å². The normalized spacial score (nSPS) is 10.7. The first-order chi connectivity index (χ1) is 8.56. The minimum atomic E-state index is -0.897. The van der Waals surface area contributed by atoms with E-state index in [0.29, 0.717) is 0 Å². The molecule has 0 fully saturated rings. The summed E-state index contributed by atoms with van der Waals surface area (Å²) < 4.78 is 9.20. The predicted octanol–water partition coefficient (Wildman–Crippen LogP) is 0.449. The predicted molar refractivity (Wildman–Crippen MR) is 65.5 cm³/mol. The van der Waals surface area contributed by atoms with Crippen LogP contribution in [0.25, 0.3) is 0 Å². The fraction of sp³-hybridized carbons (Fsp3) is 0.600. The fourth-order valence-corrected chi connectivity index (χ4v) is 1.08. The number of rotatable bonds is 8. The summed E-state index contributed by atoms with van der Waals surface area (Å²) in [5.74, 6) is -2.14. The molecule has 0 aromatic rings. The topological polar surface area (TPSA) is 91.3 Å². The first-order valence-corrected chi connectivity index (χ1v) is 6.30. The standard InChI is InChI=1S/C10H14BrNO6/c1-3-16-8(14)6-18-12-9(7(13)5-11)10(15)17-4-2/h3-6H2,1-2H3/b12-9+. The molecular weight excluding hydrogens is 310 g/mol. The Morgan fingerprint density at radius 3 is 2.22 bits per heavy atom. The molecule has 7 nitrogen and oxygen atoms in total. The molecule has 102 valence electrons. The SMILES string of the molecule is CCOC(=O)CO/N=C(\C(=O)CBr)C(=O)OCC. The van der Waals surface area contributed by atoms with Crippen LogP contribution in [0.3, 0.4) is 0 Å². The van der Waals surface area contributed by atoms with Crippen molar-refractivity contribution in [3.05, 3.63) is 0 Å². The van der Waals surface area contributed by atoms with Gasteiger partial charge in [-0.3, -0.25) is 4.79 Å². The van der Waals surface area contributed by atoms with Gasteiger partial charge in [0.1, 0.15) is 0 Å². The molecule has 0 unspecified atom stereocenters. The summed E-state index contributed by atoms with van der Waals surface area (Å²) in [7, 11) is 0. The Morgan fingerprint density at radius 2 is 1.72 bits per heavy atom. The number of carbonyl (C=O) groups is 3. The molecule has 0 amide bonds. The van der Waals surface area contributed by atoms with Gasteiger partial charge in [-0.05, 0) is 13.8 Å². The number of oxime groups is 1. The monoisotopic (exact) mass is 323 g/mol. The molecule has 0 aliphatic rings. The van der Waals surface area contributed by atoms with Gasteiger partial charge in [0.2, 0.25) is 18.1 Å². The molecule has 0 saturated carbocycles. The van der Waals surface area contributed by atoms with Gasteiger partial charge < -0.3 is 14.3 Å². The van der Waals surface area contributed by atoms with Crippen molar-refractivity contribution in [1.82, 2.24) is 0 Å². The highest BCUT2D eigenvalue weighted by molar-refractivity contribution is 9.09. The summed E-state index contributed by atoms with van der Waals surface area (Å²) >= 11 is 2.90. The van der Waals surface area contributed by atoms with E-state index < -0.39 is 30.0 Å². The Morgan fingerprint density at radius 1 is 1.11 bits per heavy atom. The first kappa shape index (κ1) is 16.6. The van der Waals surface area contributed by atoms with E-state index in [0.717, 1.165) is 0 Å². The molecule has 0 spiro atoms. The Balaban J connectivity index is 4.51. The van der Waals surface area contributed by atoms with E-state index in [1.165, 1.54) is 0 Å². The van der Waals surface area contributed by atoms with Gasteiger partial charge in [-0.25, -0.2) is 9.59 Å². The zero-order valence-corrected chi connectivity index (χ0v) is 11.7. The Bertz CT molecular complexity index is 341. The number of hydrogen-bond donors (Lipinski definition) is 0. The zero-order chi connectivity index (χ0) is 14.0. The lowest BCUT2D eigenvalue weighted by Gasteiger charge is -2.04. The number of hydrogen-bond acceptors (Lipinski definition) is 7. The highest BCUT2D eigenvalue weighted by Crippen LogP contribution is 1.94. The highest BCUT2D eigenvalue weighted by Gasteiger charge is 2.22. The van der Waals surface area contributed by atoms with Crippen LogP contribution in [-0.4, -0.2) is 48.6 Å². The van der Waals surface area contributed by atoms with Gasteiger partial charge in [-0.15, -0.1) is 0 Å².